The Labute approximate surface area is 361 Å². The first kappa shape index (κ1) is 50.0. The van der Waals surface area contributed by atoms with E-state index in [1.54, 1.807) is 33.8 Å². The molecule has 5 amide bonds. The first-order valence-electron chi connectivity index (χ1n) is 20.0. The van der Waals surface area contributed by atoms with Crippen LogP contribution in [0.4, 0.5) is 5.69 Å². The Bertz CT molecular complexity index is 2160. The number of carboxylic acid groups (broad SMARTS) is 1. The Kier molecular flexibility index (Phi) is 17.2. The van der Waals surface area contributed by atoms with Crippen molar-refractivity contribution in [2.24, 2.45) is 11.8 Å². The maximum absolute atomic E-state index is 13.6. The fraction of sp³-hybridized carbons (Fsp3) is 0.564. The lowest BCUT2D eigenvalue weighted by atomic mass is 9.91. The number of benzene rings is 1. The lowest BCUT2D eigenvalue weighted by molar-refractivity contribution is -0.228. The molecular weight excluding hydrogens is 855 g/mol. The number of hydrogen-bond acceptors (Lipinski definition) is 16. The van der Waals surface area contributed by atoms with Crippen LogP contribution in [0.2, 0.25) is 0 Å². The molecule has 1 aromatic carbocycles. The van der Waals surface area contributed by atoms with E-state index in [0.717, 1.165) is 17.1 Å². The predicted molar refractivity (Wildman–Crippen MR) is 216 cm³/mol. The monoisotopic (exact) mass is 907 g/mol. The van der Waals surface area contributed by atoms with E-state index in [0.29, 0.717) is 11.1 Å². The van der Waals surface area contributed by atoms with Crippen molar-refractivity contribution in [2.75, 3.05) is 11.1 Å². The van der Waals surface area contributed by atoms with Gasteiger partial charge in [0.05, 0.1) is 36.4 Å². The molecule has 0 unspecified atom stereocenters. The molecular formula is C39H53N7O16S. The average Bonchev–Trinajstić information content (AvgIpc) is 3.81. The average molecular weight is 908 g/mol. The van der Waals surface area contributed by atoms with Crippen molar-refractivity contribution in [3.05, 3.63) is 53.4 Å². The van der Waals surface area contributed by atoms with E-state index < -0.39 is 124 Å². The van der Waals surface area contributed by atoms with Gasteiger partial charge < -0.3 is 45.9 Å². The maximum atomic E-state index is 13.6. The van der Waals surface area contributed by atoms with Gasteiger partial charge in [-0.2, -0.15) is 8.42 Å². The molecule has 63 heavy (non-hydrogen) atoms. The standard InChI is InChI=1S/C39H53N7O16S/c1-19(2)31(42-28(47)16-26(46-29(48)11-12-30(46)49)25-17-45(44-43-25)13-6-14-63(58,59)60)37(54)40-21(5)36(53)41-24-9-7-23(18-61-39(57)20(3)4)22(15-24)8-10-27-32(50)33(51)34(52)35(62-27)38(55)56/h7,9,11-12,15,17,19-21,26-27,31-35,50-52H,6,8,10,13-14,16,18H2,1-5H3,(H,40,54)(H,41,53)(H,42,47)(H,55,56)(H,58,59,60)/t21-,26+,27-,31-,32-,33+,34-,35-/m0/s1. The molecule has 2 aliphatic rings. The Morgan fingerprint density at radius 1 is 0.921 bits per heavy atom. The lowest BCUT2D eigenvalue weighted by Gasteiger charge is -2.39. The fourth-order valence-corrected chi connectivity index (χ4v) is 7.17. The van der Waals surface area contributed by atoms with Gasteiger partial charge in [-0.05, 0) is 55.4 Å². The summed E-state index contributed by atoms with van der Waals surface area (Å²) in [5.74, 6) is -7.25. The number of aliphatic hydroxyl groups is 3. The van der Waals surface area contributed by atoms with Crippen molar-refractivity contribution in [1.82, 2.24) is 30.5 Å². The molecule has 3 heterocycles. The SMILES string of the molecule is CC(C)C(=O)OCc1ccc(NC(=O)[C@H](C)NC(=O)[C@@H](NC(=O)C[C@H](c2cn(CCCS(=O)(=O)O)nn2)N2C(=O)C=CC2=O)C(C)C)cc1CC[C@@H]1O[C@H](C(=O)O)[C@@H](O)[C@H](O)[C@H]1O. The molecule has 1 fully saturated rings. The van der Waals surface area contributed by atoms with Gasteiger partial charge >= 0.3 is 11.9 Å². The topological polar surface area (TPSA) is 343 Å². The van der Waals surface area contributed by atoms with E-state index in [2.05, 4.69) is 26.3 Å². The number of amides is 5. The van der Waals surface area contributed by atoms with Crippen molar-refractivity contribution in [3.63, 3.8) is 0 Å². The van der Waals surface area contributed by atoms with Gasteiger partial charge in [0.2, 0.25) is 17.7 Å². The minimum atomic E-state index is -4.24. The molecule has 2 aromatic rings. The number of nitrogens with one attached hydrogen (secondary N) is 3. The molecule has 23 nitrogen and oxygen atoms in total. The molecule has 0 saturated carbocycles. The number of aliphatic carboxylic acids is 1. The maximum Gasteiger partial charge on any atom is 0.335 e. The summed E-state index contributed by atoms with van der Waals surface area (Å²) in [4.78, 5) is 90.5. The van der Waals surface area contributed by atoms with Gasteiger partial charge in [-0.25, -0.2) is 4.79 Å². The summed E-state index contributed by atoms with van der Waals surface area (Å²) in [6, 6.07) is 0.933. The van der Waals surface area contributed by atoms with Gasteiger partial charge in [-0.15, -0.1) is 5.10 Å². The van der Waals surface area contributed by atoms with Crippen LogP contribution < -0.4 is 16.0 Å². The fourth-order valence-electron chi connectivity index (χ4n) is 6.68. The molecule has 2 aliphatic heterocycles. The zero-order valence-electron chi connectivity index (χ0n) is 35.1. The smallest absolute Gasteiger partial charge is 0.335 e. The number of carbonyl (C=O) groups is 7. The molecule has 24 heteroatoms. The lowest BCUT2D eigenvalue weighted by Crippen LogP contribution is -2.59. The highest BCUT2D eigenvalue weighted by Crippen LogP contribution is 2.28. The third-order valence-corrected chi connectivity index (χ3v) is 11.0. The number of hydrogen-bond donors (Lipinski definition) is 8. The van der Waals surface area contributed by atoms with Crippen molar-refractivity contribution in [2.45, 2.75) is 122 Å². The van der Waals surface area contributed by atoms with Crippen LogP contribution in [0.25, 0.3) is 0 Å². The van der Waals surface area contributed by atoms with Crippen LogP contribution >= 0.6 is 0 Å². The van der Waals surface area contributed by atoms with Crippen molar-refractivity contribution in [1.29, 1.82) is 0 Å². The number of rotatable bonds is 21. The third-order valence-electron chi connectivity index (χ3n) is 10.2. The summed E-state index contributed by atoms with van der Waals surface area (Å²) in [6.07, 6.45) is -5.61. The molecule has 0 spiro atoms. The van der Waals surface area contributed by atoms with Crippen LogP contribution in [-0.4, -0.2) is 143 Å². The Morgan fingerprint density at radius 3 is 2.19 bits per heavy atom. The van der Waals surface area contributed by atoms with Gasteiger partial charge in [-0.1, -0.05) is 39.0 Å². The predicted octanol–water partition coefficient (Wildman–Crippen LogP) is -1.24. The van der Waals surface area contributed by atoms with Gasteiger partial charge in [0.25, 0.3) is 21.9 Å². The van der Waals surface area contributed by atoms with E-state index in [-0.39, 0.29) is 43.8 Å². The zero-order valence-corrected chi connectivity index (χ0v) is 35.9. The summed E-state index contributed by atoms with van der Waals surface area (Å²) in [7, 11) is -4.24. The normalized spacial score (nSPS) is 21.6. The number of imide groups is 1. The Morgan fingerprint density at radius 2 is 1.59 bits per heavy atom. The third kappa shape index (κ3) is 13.7. The van der Waals surface area contributed by atoms with E-state index in [1.807, 2.05) is 0 Å². The molecule has 8 atom stereocenters. The summed E-state index contributed by atoms with van der Waals surface area (Å²) in [5.41, 5.74) is 1.22. The highest BCUT2D eigenvalue weighted by Gasteiger charge is 2.46. The number of anilines is 1. The largest absolute Gasteiger partial charge is 0.479 e. The van der Waals surface area contributed by atoms with E-state index in [1.165, 1.54) is 29.9 Å². The van der Waals surface area contributed by atoms with Crippen molar-refractivity contribution >= 4 is 57.3 Å². The second-order valence-electron chi connectivity index (χ2n) is 15.8. The van der Waals surface area contributed by atoms with Gasteiger partial charge in [0, 0.05) is 24.4 Å². The molecule has 1 aromatic heterocycles. The number of carbonyl (C=O) groups excluding carboxylic acids is 6. The Balaban J connectivity index is 1.44. The van der Waals surface area contributed by atoms with E-state index in [9.17, 15) is 62.4 Å². The summed E-state index contributed by atoms with van der Waals surface area (Å²) < 4.78 is 43.3. The number of aliphatic hydroxyl groups excluding tert-OH is 3. The highest BCUT2D eigenvalue weighted by atomic mass is 32.2. The van der Waals surface area contributed by atoms with Gasteiger partial charge in [0.1, 0.15) is 42.7 Å². The number of nitrogens with zero attached hydrogens (tertiary/aromatic N) is 4. The minimum absolute atomic E-state index is 0.00908. The van der Waals surface area contributed by atoms with Crippen LogP contribution in [0.5, 0.6) is 0 Å². The van der Waals surface area contributed by atoms with Crippen LogP contribution in [0.1, 0.15) is 76.7 Å². The van der Waals surface area contributed by atoms with Crippen LogP contribution in [0.15, 0.2) is 36.5 Å². The number of aromatic nitrogens is 3. The quantitative estimate of drug-likeness (QED) is 0.0413. The van der Waals surface area contributed by atoms with Crippen LogP contribution in [0.3, 0.4) is 0 Å². The molecule has 0 bridgehead atoms. The van der Waals surface area contributed by atoms with Crippen molar-refractivity contribution < 1.29 is 76.4 Å². The Hall–Kier alpha value is -5.66. The summed E-state index contributed by atoms with van der Waals surface area (Å²) in [5, 5.41) is 56.0. The molecule has 8 N–H and O–H groups in total. The summed E-state index contributed by atoms with van der Waals surface area (Å²) >= 11 is 0. The van der Waals surface area contributed by atoms with E-state index in [4.69, 9.17) is 14.0 Å². The minimum Gasteiger partial charge on any atom is -0.479 e. The first-order chi connectivity index (χ1) is 29.5. The second-order valence-corrected chi connectivity index (χ2v) is 17.4. The van der Waals surface area contributed by atoms with Crippen LogP contribution in [0, 0.1) is 11.8 Å². The first-order valence-corrected chi connectivity index (χ1v) is 21.6. The molecule has 346 valence electrons. The van der Waals surface area contributed by atoms with Gasteiger partial charge in [-0.3, -0.25) is 42.9 Å². The van der Waals surface area contributed by atoms with Crippen LogP contribution in [-0.2, 0) is 72.7 Å². The highest BCUT2D eigenvalue weighted by molar-refractivity contribution is 7.85. The number of aryl methyl sites for hydroxylation is 2. The molecule has 1 saturated heterocycles. The van der Waals surface area contributed by atoms with E-state index >= 15 is 0 Å². The molecule has 4 rings (SSSR count). The number of ether oxygens (including phenoxy) is 2. The molecule has 0 radical (unpaired) electrons. The number of esters is 1. The van der Waals surface area contributed by atoms with Gasteiger partial charge in [0.15, 0.2) is 6.10 Å². The molecule has 0 aliphatic carbocycles. The van der Waals surface area contributed by atoms with Crippen molar-refractivity contribution in [3.8, 4) is 0 Å². The number of carboxylic acids is 1. The summed E-state index contributed by atoms with van der Waals surface area (Å²) in [6.45, 7) is 7.76. The second kappa shape index (κ2) is 21.6. The zero-order chi connectivity index (χ0) is 46.9.